The largest absolute Gasteiger partial charge is 0.479 e. The Balaban J connectivity index is 1.57. The molecule has 4 aliphatic rings. The number of carbonyl (C=O) groups is 2. The number of ether oxygens (including phenoxy) is 7. The first-order valence-corrected chi connectivity index (χ1v) is 18.4. The molecule has 15 N–H and O–H groups in total. The number of carboxylic acids is 2. The number of hydrogen-bond acceptors (Lipinski definition) is 22. The lowest BCUT2D eigenvalue weighted by Crippen LogP contribution is -2.70. The molecule has 4 aliphatic heterocycles. The molecule has 4 heterocycles. The first-order chi connectivity index (χ1) is 26.7. The van der Waals surface area contributed by atoms with Gasteiger partial charge < -0.3 is 110 Å². The monoisotopic (exact) mass is 833 g/mol. The van der Waals surface area contributed by atoms with Crippen molar-refractivity contribution in [2.45, 2.75) is 174 Å². The summed E-state index contributed by atoms with van der Waals surface area (Å²) < 4.78 is 45.2. The van der Waals surface area contributed by atoms with Crippen LogP contribution in [0.2, 0.25) is 0 Å². The maximum Gasteiger partial charge on any atom is 0.358 e. The highest BCUT2D eigenvalue weighted by atomic mass is 16.7. The van der Waals surface area contributed by atoms with Gasteiger partial charge in [0.1, 0.15) is 97.7 Å². The fourth-order valence-electron chi connectivity index (χ4n) is 7.52. The summed E-state index contributed by atoms with van der Waals surface area (Å²) in [6, 6.07) is 0. The van der Waals surface area contributed by atoms with Gasteiger partial charge in [-0.2, -0.15) is 0 Å². The van der Waals surface area contributed by atoms with Crippen molar-refractivity contribution in [1.29, 1.82) is 0 Å². The summed E-state index contributed by atoms with van der Waals surface area (Å²) in [5.74, 6) is -3.49. The van der Waals surface area contributed by atoms with Gasteiger partial charge in [0.2, 0.25) is 0 Å². The highest BCUT2D eigenvalue weighted by molar-refractivity contribution is 6.22. The third-order valence-electron chi connectivity index (χ3n) is 11.3. The molecule has 0 spiro atoms. The van der Waals surface area contributed by atoms with Gasteiger partial charge in [-0.25, -0.2) is 9.59 Å². The lowest BCUT2D eigenvalue weighted by Gasteiger charge is -2.52. The fourth-order valence-corrected chi connectivity index (χ4v) is 7.52. The van der Waals surface area contributed by atoms with Crippen molar-refractivity contribution < 1.29 is 114 Å². The average molecular weight is 834 g/mol. The fraction of sp³-hybridized carbons (Fsp3) is 0.938. The van der Waals surface area contributed by atoms with Gasteiger partial charge in [0, 0.05) is 0 Å². The summed E-state index contributed by atoms with van der Waals surface area (Å²) in [6.45, 7) is 4.26. The van der Waals surface area contributed by atoms with Gasteiger partial charge in [-0.05, 0) is 26.7 Å². The summed E-state index contributed by atoms with van der Waals surface area (Å²) in [5, 5.41) is 138. The van der Waals surface area contributed by atoms with Gasteiger partial charge in [-0.3, -0.25) is 0 Å². The van der Waals surface area contributed by atoms with Gasteiger partial charge in [0.15, 0.2) is 24.8 Å². The molecule has 4 fully saturated rings. The molecule has 0 aromatic rings. The Morgan fingerprint density at radius 3 is 1.40 bits per heavy atom. The van der Waals surface area contributed by atoms with Crippen LogP contribution in [0, 0.1) is 0 Å². The van der Waals surface area contributed by atoms with Crippen molar-refractivity contribution in [2.75, 3.05) is 13.2 Å². The second-order valence-corrected chi connectivity index (χ2v) is 14.9. The molecule has 22 unspecified atom stereocenters. The molecule has 4 saturated heterocycles. The van der Waals surface area contributed by atoms with E-state index in [4.69, 9.17) is 43.5 Å². The van der Waals surface area contributed by atoms with Crippen LogP contribution in [0.25, 0.3) is 0 Å². The third kappa shape index (κ3) is 9.42. The number of aliphatic hydroxyl groups excluding tert-OH is 11. The molecule has 57 heavy (non-hydrogen) atoms. The molecule has 0 aliphatic carbocycles. The number of hydrogen-bond donors (Lipinski definition) is 14. The zero-order valence-corrected chi connectivity index (χ0v) is 31.6. The standard InChI is InChI=1S/C32H56BNO23/c1-5-31(3,25-15(41)13(39)20(9(7-35)50-25)52-29-17(43)11(37)12(38)23(54-29)27(46)47)56-22-18(44)24(28(48)49)55-30(19(22)45)53-21-10(8-36)51-26(16(42)14(21)40)32(4,6-2)57-33-34/h9-26,29-30,33,35-45H,5-8,34H2,1-4H3,(H,46,47)(H,48,49). The normalized spacial score (nSPS) is 46.4. The molecule has 0 aromatic carbocycles. The summed E-state index contributed by atoms with van der Waals surface area (Å²) >= 11 is 0. The predicted molar refractivity (Wildman–Crippen MR) is 183 cm³/mol. The van der Waals surface area contributed by atoms with E-state index in [0.717, 1.165) is 0 Å². The summed E-state index contributed by atoms with van der Waals surface area (Å²) in [7, 11) is -0.280. The molecule has 22 atom stereocenters. The number of aliphatic hydroxyl groups is 11. The first-order valence-electron chi connectivity index (χ1n) is 18.4. The van der Waals surface area contributed by atoms with Gasteiger partial charge >= 0.3 is 19.6 Å². The van der Waals surface area contributed by atoms with E-state index in [1.54, 1.807) is 13.8 Å². The second kappa shape index (κ2) is 19.3. The van der Waals surface area contributed by atoms with E-state index in [2.05, 4.69) is 0 Å². The topological polar surface area (TPSA) is 397 Å². The summed E-state index contributed by atoms with van der Waals surface area (Å²) in [5.41, 5.74) is 2.40. The van der Waals surface area contributed by atoms with Crippen LogP contribution in [-0.2, 0) is 47.4 Å². The average Bonchev–Trinajstić information content (AvgIpc) is 3.17. The number of aliphatic carboxylic acids is 2. The van der Waals surface area contributed by atoms with Gasteiger partial charge in [0.05, 0.1) is 24.4 Å². The van der Waals surface area contributed by atoms with Crippen molar-refractivity contribution >= 4 is 19.6 Å². The highest BCUT2D eigenvalue weighted by Crippen LogP contribution is 2.40. The smallest absolute Gasteiger partial charge is 0.358 e. The second-order valence-electron chi connectivity index (χ2n) is 14.9. The SMILES string of the molecule is CCC(C)(OBN)C1OC(CO)C(OC2OC(C(=O)O)C(O)C(OC(C)(CC)C3OC(CO)C(OC4OC(C(=O)O)C(O)C(O)C4O)C(O)C3O)C2O)C(O)C1O. The van der Waals surface area contributed by atoms with Crippen LogP contribution in [0.15, 0.2) is 0 Å². The molecule has 0 aromatic heterocycles. The molecular formula is C32H56BNO23. The Morgan fingerprint density at radius 2 is 1.00 bits per heavy atom. The molecule has 0 saturated carbocycles. The highest BCUT2D eigenvalue weighted by Gasteiger charge is 2.59. The minimum absolute atomic E-state index is 0.170. The van der Waals surface area contributed by atoms with Gasteiger partial charge in [-0.15, -0.1) is 0 Å². The van der Waals surface area contributed by atoms with E-state index in [1.165, 1.54) is 13.8 Å². The maximum atomic E-state index is 12.3. The van der Waals surface area contributed by atoms with E-state index >= 15 is 0 Å². The van der Waals surface area contributed by atoms with Crippen LogP contribution < -0.4 is 5.64 Å². The third-order valence-corrected chi connectivity index (χ3v) is 11.3. The van der Waals surface area contributed by atoms with Gasteiger partial charge in [-0.1, -0.05) is 13.8 Å². The number of rotatable bonds is 16. The minimum Gasteiger partial charge on any atom is -0.479 e. The van der Waals surface area contributed by atoms with Crippen LogP contribution in [0.3, 0.4) is 0 Å². The van der Waals surface area contributed by atoms with Crippen LogP contribution in [0.5, 0.6) is 0 Å². The Bertz CT molecular complexity index is 1340. The van der Waals surface area contributed by atoms with Crippen molar-refractivity contribution in [3.05, 3.63) is 0 Å². The zero-order chi connectivity index (χ0) is 42.9. The van der Waals surface area contributed by atoms with E-state index < -0.39 is 159 Å². The predicted octanol–water partition coefficient (Wildman–Crippen LogP) is -7.89. The van der Waals surface area contributed by atoms with E-state index in [-0.39, 0.29) is 20.5 Å². The van der Waals surface area contributed by atoms with Crippen molar-refractivity contribution in [1.82, 2.24) is 0 Å². The zero-order valence-electron chi connectivity index (χ0n) is 31.6. The molecule has 330 valence electrons. The van der Waals surface area contributed by atoms with E-state index in [0.29, 0.717) is 0 Å². The molecule has 0 amide bonds. The first kappa shape index (κ1) is 47.9. The molecule has 25 heteroatoms. The molecule has 0 bridgehead atoms. The summed E-state index contributed by atoms with van der Waals surface area (Å²) in [4.78, 5) is 23.9. The van der Waals surface area contributed by atoms with Crippen LogP contribution in [-0.4, -0.2) is 233 Å². The van der Waals surface area contributed by atoms with Crippen molar-refractivity contribution in [3.8, 4) is 0 Å². The Hall–Kier alpha value is -1.80. The summed E-state index contributed by atoms with van der Waals surface area (Å²) in [6.07, 6.45) is -37.9. The van der Waals surface area contributed by atoms with E-state index in [1.807, 2.05) is 0 Å². The molecular weight excluding hydrogens is 777 g/mol. The quantitative estimate of drug-likeness (QED) is 0.0642. The maximum absolute atomic E-state index is 12.3. The molecule has 4 rings (SSSR count). The van der Waals surface area contributed by atoms with Crippen molar-refractivity contribution in [3.63, 3.8) is 0 Å². The molecule has 0 radical (unpaired) electrons. The number of carboxylic acid groups (broad SMARTS) is 2. The lowest BCUT2D eigenvalue weighted by molar-refractivity contribution is -0.366. The molecule has 24 nitrogen and oxygen atoms in total. The van der Waals surface area contributed by atoms with E-state index in [9.17, 15) is 76.0 Å². The Labute approximate surface area is 326 Å². The van der Waals surface area contributed by atoms with Crippen LogP contribution >= 0.6 is 0 Å². The Kier molecular flexibility index (Phi) is 16.2. The number of nitrogens with two attached hydrogens (primary N) is 1. The van der Waals surface area contributed by atoms with Crippen molar-refractivity contribution in [2.24, 2.45) is 5.64 Å². The Morgan fingerprint density at radius 1 is 0.579 bits per heavy atom. The van der Waals surface area contributed by atoms with Crippen LogP contribution in [0.4, 0.5) is 0 Å². The minimum atomic E-state index is -2.17. The lowest BCUT2D eigenvalue weighted by atomic mass is 9.83. The van der Waals surface area contributed by atoms with Crippen LogP contribution in [0.1, 0.15) is 40.5 Å². The van der Waals surface area contributed by atoms with Gasteiger partial charge in [0.25, 0.3) is 0 Å².